The summed E-state index contributed by atoms with van der Waals surface area (Å²) in [7, 11) is 0. The first-order chi connectivity index (χ1) is 9.18. The minimum Gasteiger partial charge on any atom is -0.369 e. The topological polar surface area (TPSA) is 95.1 Å². The van der Waals surface area contributed by atoms with Crippen molar-refractivity contribution in [3.05, 3.63) is 24.5 Å². The number of nitrogens with zero attached hydrogens (tertiary/aromatic N) is 2. The van der Waals surface area contributed by atoms with Crippen LogP contribution >= 0.6 is 0 Å². The molecule has 2 amide bonds. The number of guanidine groups is 1. The van der Waals surface area contributed by atoms with Crippen LogP contribution < -0.4 is 16.0 Å². The SMILES string of the molecule is N=C(N)N(C(=O)NC1CCCCC1)c1cccnc1. The summed E-state index contributed by atoms with van der Waals surface area (Å²) in [4.78, 5) is 17.3. The molecule has 1 aliphatic rings. The van der Waals surface area contributed by atoms with E-state index < -0.39 is 0 Å². The third-order valence-corrected chi connectivity index (χ3v) is 3.28. The normalized spacial score (nSPS) is 15.8. The first-order valence-electron chi connectivity index (χ1n) is 6.53. The molecule has 1 fully saturated rings. The molecule has 0 aliphatic heterocycles. The molecule has 0 saturated heterocycles. The molecule has 6 heteroatoms. The lowest BCUT2D eigenvalue weighted by Gasteiger charge is -2.27. The third kappa shape index (κ3) is 3.43. The molecule has 102 valence electrons. The minimum absolute atomic E-state index is 0.180. The average Bonchev–Trinajstić information content (AvgIpc) is 2.40. The van der Waals surface area contributed by atoms with Gasteiger partial charge in [0.1, 0.15) is 0 Å². The van der Waals surface area contributed by atoms with Gasteiger partial charge in [-0.15, -0.1) is 0 Å². The van der Waals surface area contributed by atoms with E-state index in [4.69, 9.17) is 11.1 Å². The highest BCUT2D eigenvalue weighted by Gasteiger charge is 2.22. The minimum atomic E-state index is -0.354. The van der Waals surface area contributed by atoms with Crippen LogP contribution in [0, 0.1) is 5.41 Å². The maximum Gasteiger partial charge on any atom is 0.329 e. The van der Waals surface area contributed by atoms with Gasteiger partial charge in [-0.05, 0) is 25.0 Å². The number of carbonyl (C=O) groups excluding carboxylic acids is 1. The van der Waals surface area contributed by atoms with Crippen molar-refractivity contribution in [2.75, 3.05) is 4.90 Å². The number of hydrogen-bond acceptors (Lipinski definition) is 3. The van der Waals surface area contributed by atoms with E-state index >= 15 is 0 Å². The summed E-state index contributed by atoms with van der Waals surface area (Å²) in [6.07, 6.45) is 8.61. The zero-order valence-electron chi connectivity index (χ0n) is 10.8. The quantitative estimate of drug-likeness (QED) is 0.559. The fourth-order valence-electron chi connectivity index (χ4n) is 2.34. The number of nitrogens with one attached hydrogen (secondary N) is 2. The lowest BCUT2D eigenvalue weighted by Crippen LogP contribution is -2.50. The molecule has 0 radical (unpaired) electrons. The Morgan fingerprint density at radius 1 is 1.42 bits per heavy atom. The first-order valence-corrected chi connectivity index (χ1v) is 6.53. The van der Waals surface area contributed by atoms with Crippen LogP contribution in [-0.2, 0) is 0 Å². The van der Waals surface area contributed by atoms with E-state index in [0.29, 0.717) is 5.69 Å². The Labute approximate surface area is 112 Å². The van der Waals surface area contributed by atoms with Crippen LogP contribution in [0.5, 0.6) is 0 Å². The lowest BCUT2D eigenvalue weighted by molar-refractivity contribution is 0.241. The molecule has 0 unspecified atom stereocenters. The molecule has 1 aromatic heterocycles. The number of aromatic nitrogens is 1. The predicted octanol–water partition coefficient (Wildman–Crippen LogP) is 1.82. The molecule has 4 N–H and O–H groups in total. The number of carbonyl (C=O) groups is 1. The van der Waals surface area contributed by atoms with Crippen molar-refractivity contribution in [3.63, 3.8) is 0 Å². The molecule has 0 spiro atoms. The lowest BCUT2D eigenvalue weighted by atomic mass is 9.96. The molecule has 1 heterocycles. The molecule has 0 atom stereocenters. The van der Waals surface area contributed by atoms with Crippen LogP contribution in [0.15, 0.2) is 24.5 Å². The summed E-state index contributed by atoms with van der Waals surface area (Å²) in [6, 6.07) is 3.24. The molecule has 2 rings (SSSR count). The molecule has 6 nitrogen and oxygen atoms in total. The van der Waals surface area contributed by atoms with Gasteiger partial charge in [0.15, 0.2) is 0 Å². The summed E-state index contributed by atoms with van der Waals surface area (Å²) < 4.78 is 0. The Hall–Kier alpha value is -2.11. The summed E-state index contributed by atoms with van der Waals surface area (Å²) in [6.45, 7) is 0. The summed E-state index contributed by atoms with van der Waals surface area (Å²) in [5, 5.41) is 10.5. The second-order valence-electron chi connectivity index (χ2n) is 4.72. The third-order valence-electron chi connectivity index (χ3n) is 3.28. The Kier molecular flexibility index (Phi) is 4.33. The van der Waals surface area contributed by atoms with Gasteiger partial charge >= 0.3 is 6.03 Å². The highest BCUT2D eigenvalue weighted by atomic mass is 16.2. The molecule has 0 bridgehead atoms. The van der Waals surface area contributed by atoms with Gasteiger partial charge in [0.2, 0.25) is 5.96 Å². The number of rotatable bonds is 2. The molecule has 0 aromatic carbocycles. The second kappa shape index (κ2) is 6.17. The first kappa shape index (κ1) is 13.3. The number of hydrogen-bond donors (Lipinski definition) is 3. The molecular weight excluding hydrogens is 242 g/mol. The fourth-order valence-corrected chi connectivity index (χ4v) is 2.34. The zero-order chi connectivity index (χ0) is 13.7. The Morgan fingerprint density at radius 3 is 2.74 bits per heavy atom. The van der Waals surface area contributed by atoms with Crippen LogP contribution in [0.3, 0.4) is 0 Å². The van der Waals surface area contributed by atoms with Gasteiger partial charge in [0.25, 0.3) is 0 Å². The van der Waals surface area contributed by atoms with Crippen molar-refractivity contribution in [2.24, 2.45) is 5.73 Å². The standard InChI is InChI=1S/C13H19N5O/c14-12(15)18(11-7-4-8-16-9-11)13(19)17-10-5-2-1-3-6-10/h4,7-10H,1-3,5-6H2,(H3,14,15)(H,17,19). The van der Waals surface area contributed by atoms with Gasteiger partial charge in [0.05, 0.1) is 11.9 Å². The summed E-state index contributed by atoms with van der Waals surface area (Å²) in [5.41, 5.74) is 6.00. The fraction of sp³-hybridized carbons (Fsp3) is 0.462. The summed E-state index contributed by atoms with van der Waals surface area (Å²) >= 11 is 0. The van der Waals surface area contributed by atoms with Crippen molar-refractivity contribution in [2.45, 2.75) is 38.1 Å². The largest absolute Gasteiger partial charge is 0.369 e. The van der Waals surface area contributed by atoms with Crippen molar-refractivity contribution in [3.8, 4) is 0 Å². The van der Waals surface area contributed by atoms with E-state index in [0.717, 1.165) is 30.6 Å². The second-order valence-corrected chi connectivity index (χ2v) is 4.72. The average molecular weight is 261 g/mol. The molecule has 19 heavy (non-hydrogen) atoms. The van der Waals surface area contributed by atoms with Gasteiger partial charge in [-0.1, -0.05) is 19.3 Å². The summed E-state index contributed by atoms with van der Waals surface area (Å²) in [5.74, 6) is -0.304. The Balaban J connectivity index is 2.06. The van der Waals surface area contributed by atoms with E-state index in [-0.39, 0.29) is 18.0 Å². The highest BCUT2D eigenvalue weighted by Crippen LogP contribution is 2.18. The van der Waals surface area contributed by atoms with Gasteiger partial charge in [-0.2, -0.15) is 0 Å². The number of urea groups is 1. The smallest absolute Gasteiger partial charge is 0.329 e. The predicted molar refractivity (Wildman–Crippen MR) is 74.0 cm³/mol. The van der Waals surface area contributed by atoms with E-state index in [9.17, 15) is 4.79 Å². The number of anilines is 1. The van der Waals surface area contributed by atoms with E-state index in [1.165, 1.54) is 12.6 Å². The van der Waals surface area contributed by atoms with Gasteiger partial charge in [-0.3, -0.25) is 10.4 Å². The van der Waals surface area contributed by atoms with Crippen LogP contribution in [0.4, 0.5) is 10.5 Å². The van der Waals surface area contributed by atoms with E-state index in [2.05, 4.69) is 10.3 Å². The van der Waals surface area contributed by atoms with Crippen molar-refractivity contribution in [1.82, 2.24) is 10.3 Å². The van der Waals surface area contributed by atoms with Crippen molar-refractivity contribution in [1.29, 1.82) is 5.41 Å². The van der Waals surface area contributed by atoms with E-state index in [1.54, 1.807) is 18.3 Å². The zero-order valence-corrected chi connectivity index (χ0v) is 10.8. The van der Waals surface area contributed by atoms with Gasteiger partial charge in [0, 0.05) is 12.2 Å². The highest BCUT2D eigenvalue weighted by molar-refractivity contribution is 6.13. The Morgan fingerprint density at radius 2 is 2.16 bits per heavy atom. The maximum atomic E-state index is 12.2. The van der Waals surface area contributed by atoms with Gasteiger partial charge in [-0.25, -0.2) is 9.69 Å². The Bertz CT molecular complexity index is 442. The van der Waals surface area contributed by atoms with Crippen LogP contribution in [0.2, 0.25) is 0 Å². The van der Waals surface area contributed by atoms with Crippen LogP contribution in [0.25, 0.3) is 0 Å². The van der Waals surface area contributed by atoms with Crippen molar-refractivity contribution >= 4 is 17.7 Å². The van der Waals surface area contributed by atoms with Gasteiger partial charge < -0.3 is 11.1 Å². The number of pyridine rings is 1. The van der Waals surface area contributed by atoms with Crippen LogP contribution in [-0.4, -0.2) is 23.0 Å². The number of amides is 2. The van der Waals surface area contributed by atoms with Crippen LogP contribution in [0.1, 0.15) is 32.1 Å². The van der Waals surface area contributed by atoms with Crippen molar-refractivity contribution < 1.29 is 4.79 Å². The molecular formula is C13H19N5O. The monoisotopic (exact) mass is 261 g/mol. The molecule has 1 saturated carbocycles. The molecule has 1 aliphatic carbocycles. The number of nitrogens with two attached hydrogens (primary N) is 1. The molecule has 1 aromatic rings. The van der Waals surface area contributed by atoms with E-state index in [1.807, 2.05) is 0 Å². The maximum absolute atomic E-state index is 12.2.